The molecule has 0 aliphatic rings. The van der Waals surface area contributed by atoms with E-state index in [1.807, 2.05) is 0 Å². The highest BCUT2D eigenvalue weighted by atomic mass is 35.5. The average molecular weight is 222 g/mol. The number of rotatable bonds is 3. The van der Waals surface area contributed by atoms with Crippen LogP contribution in [0.15, 0.2) is 6.07 Å². The van der Waals surface area contributed by atoms with Crippen LogP contribution in [0.25, 0.3) is 0 Å². The molecule has 0 unspecified atom stereocenters. The van der Waals surface area contributed by atoms with Crippen LogP contribution in [-0.4, -0.2) is 10.1 Å². The molecule has 1 N–H and O–H groups in total. The van der Waals surface area contributed by atoms with Gasteiger partial charge in [0.1, 0.15) is 5.69 Å². The number of aliphatic hydroxyl groups excluding tert-OH is 1. The molecule has 0 saturated heterocycles. The van der Waals surface area contributed by atoms with Gasteiger partial charge in [0.05, 0.1) is 18.2 Å². The molecule has 14 heavy (non-hydrogen) atoms. The molecule has 0 radical (unpaired) electrons. The van der Waals surface area contributed by atoms with Crippen molar-refractivity contribution < 1.29 is 13.9 Å². The van der Waals surface area contributed by atoms with Crippen LogP contribution in [0.1, 0.15) is 28.9 Å². The van der Waals surface area contributed by atoms with E-state index in [0.29, 0.717) is 16.8 Å². The molecule has 0 amide bonds. The summed E-state index contributed by atoms with van der Waals surface area (Å²) in [5.41, 5.74) is 0.839. The molecule has 0 bridgehead atoms. The highest BCUT2D eigenvalue weighted by Gasteiger charge is 2.16. The van der Waals surface area contributed by atoms with Crippen molar-refractivity contribution in [1.29, 1.82) is 0 Å². The van der Waals surface area contributed by atoms with E-state index in [1.165, 1.54) is 13.0 Å². The zero-order valence-electron chi connectivity index (χ0n) is 7.60. The van der Waals surface area contributed by atoms with Gasteiger partial charge in [-0.1, -0.05) is 0 Å². The summed E-state index contributed by atoms with van der Waals surface area (Å²) in [4.78, 5) is 3.71. The normalized spacial score (nSPS) is 11.0. The highest BCUT2D eigenvalue weighted by molar-refractivity contribution is 6.16. The molecule has 0 saturated carbocycles. The summed E-state index contributed by atoms with van der Waals surface area (Å²) in [5, 5.41) is 8.93. The number of pyridine rings is 1. The molecule has 0 spiro atoms. The predicted octanol–water partition coefficient (Wildman–Crippen LogP) is 2.56. The molecule has 0 aliphatic heterocycles. The van der Waals surface area contributed by atoms with Crippen molar-refractivity contribution in [2.24, 2.45) is 0 Å². The lowest BCUT2D eigenvalue weighted by Crippen LogP contribution is -2.03. The minimum absolute atomic E-state index is 0.0625. The number of nitrogens with zero attached hydrogens (tertiary/aromatic N) is 1. The standard InChI is InChI=1S/C9H10ClF2NO/c1-5-6(4-14)2-7(3-10)13-8(5)9(11)12/h2,9,14H,3-4H2,1H3. The Labute approximate surface area is 85.5 Å². The van der Waals surface area contributed by atoms with Crippen LogP contribution in [0.5, 0.6) is 0 Å². The van der Waals surface area contributed by atoms with Gasteiger partial charge in [0.2, 0.25) is 0 Å². The second kappa shape index (κ2) is 4.66. The van der Waals surface area contributed by atoms with Gasteiger partial charge < -0.3 is 5.11 Å². The van der Waals surface area contributed by atoms with Gasteiger partial charge in [-0.15, -0.1) is 11.6 Å². The third-order valence-corrected chi connectivity index (χ3v) is 2.26. The predicted molar refractivity (Wildman–Crippen MR) is 49.4 cm³/mol. The van der Waals surface area contributed by atoms with E-state index in [4.69, 9.17) is 16.7 Å². The molecule has 5 heteroatoms. The smallest absolute Gasteiger partial charge is 0.280 e. The Balaban J connectivity index is 3.27. The third kappa shape index (κ3) is 2.19. The first-order chi connectivity index (χ1) is 6.60. The summed E-state index contributed by atoms with van der Waals surface area (Å²) in [5.74, 6) is 0.0625. The van der Waals surface area contributed by atoms with Gasteiger partial charge in [0.15, 0.2) is 0 Å². The van der Waals surface area contributed by atoms with Gasteiger partial charge >= 0.3 is 0 Å². The van der Waals surface area contributed by atoms with Gasteiger partial charge in [-0.25, -0.2) is 8.78 Å². The van der Waals surface area contributed by atoms with Crippen molar-refractivity contribution in [1.82, 2.24) is 4.98 Å². The zero-order chi connectivity index (χ0) is 10.7. The lowest BCUT2D eigenvalue weighted by Gasteiger charge is -2.10. The van der Waals surface area contributed by atoms with Crippen molar-refractivity contribution in [3.05, 3.63) is 28.6 Å². The fourth-order valence-corrected chi connectivity index (χ4v) is 1.33. The molecule has 78 valence electrons. The topological polar surface area (TPSA) is 33.1 Å². The van der Waals surface area contributed by atoms with E-state index >= 15 is 0 Å². The Bertz CT molecular complexity index is 331. The Morgan fingerprint density at radius 2 is 2.21 bits per heavy atom. The lowest BCUT2D eigenvalue weighted by atomic mass is 10.1. The van der Waals surface area contributed by atoms with E-state index in [9.17, 15) is 8.78 Å². The molecule has 0 aliphatic carbocycles. The van der Waals surface area contributed by atoms with Gasteiger partial charge in [0, 0.05) is 0 Å². The minimum Gasteiger partial charge on any atom is -0.392 e. The molecule has 1 heterocycles. The zero-order valence-corrected chi connectivity index (χ0v) is 8.35. The van der Waals surface area contributed by atoms with Crippen LogP contribution in [-0.2, 0) is 12.5 Å². The quantitative estimate of drug-likeness (QED) is 0.796. The maximum Gasteiger partial charge on any atom is 0.280 e. The summed E-state index contributed by atoms with van der Waals surface area (Å²) in [7, 11) is 0. The number of aromatic nitrogens is 1. The van der Waals surface area contributed by atoms with Crippen LogP contribution in [0.4, 0.5) is 8.78 Å². The third-order valence-electron chi connectivity index (χ3n) is 1.98. The highest BCUT2D eigenvalue weighted by Crippen LogP contribution is 2.24. The SMILES string of the molecule is Cc1c(CO)cc(CCl)nc1C(F)F. The summed E-state index contributed by atoms with van der Waals surface area (Å²) in [6.07, 6.45) is -2.64. The van der Waals surface area contributed by atoms with E-state index in [2.05, 4.69) is 4.98 Å². The van der Waals surface area contributed by atoms with Gasteiger partial charge in [-0.3, -0.25) is 4.98 Å². The van der Waals surface area contributed by atoms with Gasteiger partial charge in [-0.2, -0.15) is 0 Å². The number of hydrogen-bond donors (Lipinski definition) is 1. The number of halogens is 3. The van der Waals surface area contributed by atoms with E-state index in [1.54, 1.807) is 0 Å². The Kier molecular flexibility index (Phi) is 3.77. The van der Waals surface area contributed by atoms with Crippen molar-refractivity contribution in [3.8, 4) is 0 Å². The monoisotopic (exact) mass is 221 g/mol. The van der Waals surface area contributed by atoms with Crippen LogP contribution in [0, 0.1) is 6.92 Å². The number of hydrogen-bond acceptors (Lipinski definition) is 2. The maximum absolute atomic E-state index is 12.5. The minimum atomic E-state index is -2.64. The molecular weight excluding hydrogens is 212 g/mol. The molecule has 0 atom stereocenters. The molecule has 1 aromatic heterocycles. The molecule has 1 aromatic rings. The second-order valence-electron chi connectivity index (χ2n) is 2.88. The van der Waals surface area contributed by atoms with Crippen LogP contribution < -0.4 is 0 Å². The van der Waals surface area contributed by atoms with E-state index in [0.717, 1.165) is 0 Å². The van der Waals surface area contributed by atoms with Crippen LogP contribution >= 0.6 is 11.6 Å². The molecule has 1 rings (SSSR count). The van der Waals surface area contributed by atoms with Gasteiger partial charge in [-0.05, 0) is 24.1 Å². The Morgan fingerprint density at radius 1 is 1.57 bits per heavy atom. The molecule has 2 nitrogen and oxygen atoms in total. The summed E-state index contributed by atoms with van der Waals surface area (Å²) in [6.45, 7) is 1.23. The largest absolute Gasteiger partial charge is 0.392 e. The first kappa shape index (κ1) is 11.3. The summed E-state index contributed by atoms with van der Waals surface area (Å²) in [6, 6.07) is 1.54. The van der Waals surface area contributed by atoms with Crippen LogP contribution in [0.3, 0.4) is 0 Å². The molecular formula is C9H10ClF2NO. The fourth-order valence-electron chi connectivity index (χ4n) is 1.19. The Morgan fingerprint density at radius 3 is 2.64 bits per heavy atom. The molecule has 0 fully saturated rings. The second-order valence-corrected chi connectivity index (χ2v) is 3.14. The first-order valence-corrected chi connectivity index (χ1v) is 4.57. The van der Waals surface area contributed by atoms with Gasteiger partial charge in [0.25, 0.3) is 6.43 Å². The van der Waals surface area contributed by atoms with E-state index < -0.39 is 6.43 Å². The van der Waals surface area contributed by atoms with Crippen molar-refractivity contribution in [2.45, 2.75) is 25.8 Å². The van der Waals surface area contributed by atoms with E-state index in [-0.39, 0.29) is 18.2 Å². The molecule has 0 aromatic carbocycles. The number of alkyl halides is 3. The summed E-state index contributed by atoms with van der Waals surface area (Å²) < 4.78 is 24.9. The first-order valence-electron chi connectivity index (χ1n) is 4.04. The van der Waals surface area contributed by atoms with Crippen LogP contribution in [0.2, 0.25) is 0 Å². The summed E-state index contributed by atoms with van der Waals surface area (Å²) >= 11 is 5.50. The average Bonchev–Trinajstić information content (AvgIpc) is 2.17. The number of aliphatic hydroxyl groups is 1. The van der Waals surface area contributed by atoms with Crippen molar-refractivity contribution in [2.75, 3.05) is 0 Å². The lowest BCUT2D eigenvalue weighted by molar-refractivity contribution is 0.144. The van der Waals surface area contributed by atoms with Crippen molar-refractivity contribution >= 4 is 11.6 Å². The maximum atomic E-state index is 12.5. The fraction of sp³-hybridized carbons (Fsp3) is 0.444. The Hall–Kier alpha value is -0.740. The van der Waals surface area contributed by atoms with Crippen molar-refractivity contribution in [3.63, 3.8) is 0 Å².